The normalized spacial score (nSPS) is 11.2. The first-order chi connectivity index (χ1) is 25.9. The van der Waals surface area contributed by atoms with Crippen LogP contribution in [0.5, 0.6) is 0 Å². The van der Waals surface area contributed by atoms with Gasteiger partial charge in [-0.25, -0.2) is 24.9 Å². The van der Waals surface area contributed by atoms with Crippen molar-refractivity contribution in [2.24, 2.45) is 14.1 Å². The van der Waals surface area contributed by atoms with E-state index >= 15 is 0 Å². The zero-order chi connectivity index (χ0) is 43.4. The van der Waals surface area contributed by atoms with E-state index in [4.69, 9.17) is 0 Å². The molecule has 0 saturated carbocycles. The second-order valence-electron chi connectivity index (χ2n) is 16.8. The molecule has 5 rings (SSSR count). The Morgan fingerprint density at radius 3 is 1.25 bits per heavy atom. The van der Waals surface area contributed by atoms with E-state index in [-0.39, 0.29) is 0 Å². The molecule has 0 aromatic carbocycles. The molecule has 0 radical (unpaired) electrons. The van der Waals surface area contributed by atoms with Gasteiger partial charge in [0.2, 0.25) is 0 Å². The molecule has 316 valence electrons. The highest BCUT2D eigenvalue weighted by Crippen LogP contribution is 2.23. The van der Waals surface area contributed by atoms with Crippen molar-refractivity contribution in [1.82, 2.24) is 53.8 Å². The van der Waals surface area contributed by atoms with Gasteiger partial charge in [-0.15, -0.1) is 0 Å². The van der Waals surface area contributed by atoms with Gasteiger partial charge in [-0.05, 0) is 79.6 Å². The number of aromatic nitrogens is 11. The summed E-state index contributed by atoms with van der Waals surface area (Å²) in [5.74, 6) is 9.48. The number of aromatic amines is 2. The molecule has 0 fully saturated rings. The average Bonchev–Trinajstić information content (AvgIpc) is 3.91. The SMILES string of the molecule is CCc1[nH]c(C)nc1C(C)C.CCn1c(C(C)C)nc(C)c1C.Cc1nc(C(C)C)c(C(C)C)[nH]1.Cc1nc(C(C)C)n(C)c1C.Cc1nc(C(C)C)n(C)n1. The lowest BCUT2D eigenvalue weighted by Crippen LogP contribution is -2.04. The van der Waals surface area contributed by atoms with Gasteiger partial charge in [0.25, 0.3) is 0 Å². The first kappa shape index (κ1) is 50.0. The number of nitrogens with zero attached hydrogens (tertiary/aromatic N) is 9. The Labute approximate surface area is 341 Å². The fraction of sp³-hybridized carbons (Fsp3) is 0.689. The van der Waals surface area contributed by atoms with Crippen LogP contribution in [0.1, 0.15) is 213 Å². The quantitative estimate of drug-likeness (QED) is 0.162. The predicted molar refractivity (Wildman–Crippen MR) is 236 cm³/mol. The second kappa shape index (κ2) is 22.7. The Bertz CT molecular complexity index is 1860. The summed E-state index contributed by atoms with van der Waals surface area (Å²) in [5.41, 5.74) is 9.93. The maximum atomic E-state index is 4.54. The smallest absolute Gasteiger partial charge is 0.147 e. The Hall–Kier alpha value is -4.02. The lowest BCUT2D eigenvalue weighted by atomic mass is 10.0. The molecular weight excluding hydrogens is 695 g/mol. The van der Waals surface area contributed by atoms with Gasteiger partial charge in [0.05, 0.1) is 22.8 Å². The minimum absolute atomic E-state index is 0.464. The van der Waals surface area contributed by atoms with Gasteiger partial charge in [0, 0.05) is 61.2 Å². The van der Waals surface area contributed by atoms with E-state index in [0.717, 1.165) is 42.0 Å². The molecule has 0 aliphatic heterocycles. The lowest BCUT2D eigenvalue weighted by molar-refractivity contribution is 0.640. The molecule has 2 N–H and O–H groups in total. The van der Waals surface area contributed by atoms with E-state index in [2.05, 4.69) is 181 Å². The topological polar surface area (TPSA) is 124 Å². The highest BCUT2D eigenvalue weighted by molar-refractivity contribution is 5.21. The second-order valence-corrected chi connectivity index (χ2v) is 16.8. The van der Waals surface area contributed by atoms with Gasteiger partial charge in [-0.3, -0.25) is 4.68 Å². The van der Waals surface area contributed by atoms with Gasteiger partial charge in [-0.2, -0.15) is 5.10 Å². The molecule has 5 aromatic rings. The minimum atomic E-state index is 0.464. The summed E-state index contributed by atoms with van der Waals surface area (Å²) in [6.45, 7) is 45.7. The van der Waals surface area contributed by atoms with Crippen LogP contribution >= 0.6 is 0 Å². The zero-order valence-electron chi connectivity index (χ0n) is 39.9. The van der Waals surface area contributed by atoms with E-state index in [0.29, 0.717) is 35.5 Å². The molecule has 5 aromatic heterocycles. The fourth-order valence-corrected chi connectivity index (χ4v) is 6.52. The van der Waals surface area contributed by atoms with Crippen LogP contribution in [0.15, 0.2) is 0 Å². The van der Waals surface area contributed by atoms with Crippen LogP contribution in [-0.2, 0) is 27.1 Å². The van der Waals surface area contributed by atoms with Gasteiger partial charge >= 0.3 is 0 Å². The average molecular weight is 776 g/mol. The number of hydrogen-bond acceptors (Lipinski definition) is 6. The highest BCUT2D eigenvalue weighted by atomic mass is 15.3. The van der Waals surface area contributed by atoms with Crippen molar-refractivity contribution >= 4 is 0 Å². The Morgan fingerprint density at radius 1 is 0.500 bits per heavy atom. The summed E-state index contributed by atoms with van der Waals surface area (Å²) in [5, 5.41) is 4.14. The lowest BCUT2D eigenvalue weighted by Gasteiger charge is -2.08. The number of rotatable bonds is 8. The molecule has 56 heavy (non-hydrogen) atoms. The molecule has 0 aliphatic carbocycles. The van der Waals surface area contributed by atoms with Crippen molar-refractivity contribution in [3.63, 3.8) is 0 Å². The number of hydrogen-bond donors (Lipinski definition) is 2. The van der Waals surface area contributed by atoms with Crippen LogP contribution in [-0.4, -0.2) is 53.8 Å². The molecule has 0 bridgehead atoms. The highest BCUT2D eigenvalue weighted by Gasteiger charge is 2.15. The van der Waals surface area contributed by atoms with Crippen molar-refractivity contribution in [1.29, 1.82) is 0 Å². The van der Waals surface area contributed by atoms with E-state index in [1.165, 1.54) is 51.5 Å². The Balaban J connectivity index is 0.000000350. The number of nitrogens with one attached hydrogen (secondary N) is 2. The number of H-pyrrole nitrogens is 2. The molecule has 11 heteroatoms. The molecule has 5 heterocycles. The van der Waals surface area contributed by atoms with Crippen molar-refractivity contribution in [3.05, 3.63) is 80.5 Å². The van der Waals surface area contributed by atoms with Gasteiger partial charge in [-0.1, -0.05) is 90.0 Å². The summed E-state index contributed by atoms with van der Waals surface area (Å²) in [7, 11) is 4.00. The third-order valence-electron chi connectivity index (χ3n) is 9.74. The standard InChI is InChI=1S/2C10H18N2.2C9H16N2.C7H13N3/c1-6-12-9(5)8(4)11-10(12)7(2)3;1-6(2)9-10(7(3)4)12-8(5)11-9;1-6(2)9-10-7(3)8(4)11(9)5;1-5-8-9(6(2)3)11-7(4)10-8;1-5(2)7-8-6(3)9-10(7)4/h7H,6H2,1-5H3;6-7H,1-5H3,(H,11,12);6H,1-5H3;6H,5H2,1-4H3,(H,10,11);5H,1-4H3. The van der Waals surface area contributed by atoms with E-state index < -0.39 is 0 Å². The molecule has 0 amide bonds. The molecule has 0 saturated heterocycles. The molecular formula is C45H81N11. The van der Waals surface area contributed by atoms with Crippen LogP contribution < -0.4 is 0 Å². The van der Waals surface area contributed by atoms with Crippen LogP contribution in [0.3, 0.4) is 0 Å². The molecule has 0 atom stereocenters. The van der Waals surface area contributed by atoms with E-state index in [9.17, 15) is 0 Å². The van der Waals surface area contributed by atoms with Crippen molar-refractivity contribution in [2.75, 3.05) is 0 Å². The van der Waals surface area contributed by atoms with E-state index in [1.807, 2.05) is 32.5 Å². The molecule has 11 nitrogen and oxygen atoms in total. The van der Waals surface area contributed by atoms with Crippen LogP contribution in [0.2, 0.25) is 0 Å². The first-order valence-corrected chi connectivity index (χ1v) is 20.9. The third kappa shape index (κ3) is 14.2. The van der Waals surface area contributed by atoms with Crippen molar-refractivity contribution < 1.29 is 0 Å². The predicted octanol–water partition coefficient (Wildman–Crippen LogP) is 11.4. The van der Waals surface area contributed by atoms with Crippen LogP contribution in [0, 0.1) is 48.5 Å². The summed E-state index contributed by atoms with van der Waals surface area (Å²) < 4.78 is 6.29. The number of imidazole rings is 4. The zero-order valence-corrected chi connectivity index (χ0v) is 39.9. The monoisotopic (exact) mass is 776 g/mol. The fourth-order valence-electron chi connectivity index (χ4n) is 6.52. The third-order valence-corrected chi connectivity index (χ3v) is 9.74. The summed E-state index contributed by atoms with van der Waals surface area (Å²) >= 11 is 0. The van der Waals surface area contributed by atoms with Crippen LogP contribution in [0.25, 0.3) is 0 Å². The maximum Gasteiger partial charge on any atom is 0.147 e. The van der Waals surface area contributed by atoms with Crippen molar-refractivity contribution in [3.8, 4) is 0 Å². The Morgan fingerprint density at radius 2 is 0.964 bits per heavy atom. The largest absolute Gasteiger partial charge is 0.346 e. The van der Waals surface area contributed by atoms with Gasteiger partial charge < -0.3 is 19.1 Å². The summed E-state index contributed by atoms with van der Waals surface area (Å²) in [4.78, 5) is 28.8. The molecule has 0 spiro atoms. The molecule has 0 unspecified atom stereocenters. The first-order valence-electron chi connectivity index (χ1n) is 20.9. The van der Waals surface area contributed by atoms with Crippen molar-refractivity contribution in [2.45, 2.75) is 194 Å². The Kier molecular flexibility index (Phi) is 20.2. The van der Waals surface area contributed by atoms with Crippen LogP contribution in [0.4, 0.5) is 0 Å². The van der Waals surface area contributed by atoms with Gasteiger partial charge in [0.1, 0.15) is 34.9 Å². The van der Waals surface area contributed by atoms with E-state index in [1.54, 1.807) is 0 Å². The summed E-state index contributed by atoms with van der Waals surface area (Å²) in [6.07, 6.45) is 1.05. The van der Waals surface area contributed by atoms with Gasteiger partial charge in [0.15, 0.2) is 0 Å². The number of aryl methyl sites for hydroxylation is 7. The maximum absolute atomic E-state index is 4.54. The minimum Gasteiger partial charge on any atom is -0.346 e. The molecule has 0 aliphatic rings. The summed E-state index contributed by atoms with van der Waals surface area (Å²) in [6, 6.07) is 0.